The van der Waals surface area contributed by atoms with E-state index in [-0.39, 0.29) is 11.9 Å². The third kappa shape index (κ3) is 3.55. The van der Waals surface area contributed by atoms with Gasteiger partial charge in [-0.15, -0.1) is 0 Å². The van der Waals surface area contributed by atoms with Crippen LogP contribution in [0.5, 0.6) is 0 Å². The van der Waals surface area contributed by atoms with Crippen LogP contribution in [-0.2, 0) is 17.9 Å². The fourth-order valence-corrected chi connectivity index (χ4v) is 2.80. The van der Waals surface area contributed by atoms with Gasteiger partial charge in [0, 0.05) is 19.8 Å². The Balaban J connectivity index is 2.10. The van der Waals surface area contributed by atoms with E-state index in [9.17, 15) is 4.79 Å². The summed E-state index contributed by atoms with van der Waals surface area (Å²) in [6.07, 6.45) is 5.22. The van der Waals surface area contributed by atoms with Crippen molar-refractivity contribution in [1.82, 2.24) is 24.5 Å². The summed E-state index contributed by atoms with van der Waals surface area (Å²) in [4.78, 5) is 14.2. The molecule has 0 spiro atoms. The smallest absolute Gasteiger partial charge is 0.247 e. The van der Waals surface area contributed by atoms with Gasteiger partial charge in [-0.1, -0.05) is 0 Å². The summed E-state index contributed by atoms with van der Waals surface area (Å²) < 4.78 is 5.30. The molecule has 0 saturated heterocycles. The number of halogens is 2. The largest absolute Gasteiger partial charge is 0.338 e. The van der Waals surface area contributed by atoms with Crippen molar-refractivity contribution in [1.29, 1.82) is 0 Å². The highest BCUT2D eigenvalue weighted by Crippen LogP contribution is 2.19. The first-order valence-electron chi connectivity index (χ1n) is 6.58. The molecule has 0 aromatic carbocycles. The summed E-state index contributed by atoms with van der Waals surface area (Å²) >= 11 is 6.81. The molecule has 0 bridgehead atoms. The van der Waals surface area contributed by atoms with Crippen molar-refractivity contribution in [2.45, 2.75) is 33.0 Å². The van der Waals surface area contributed by atoms with E-state index in [1.165, 1.54) is 0 Å². The summed E-state index contributed by atoms with van der Waals surface area (Å²) in [5.74, 6) is 0.00125. The molecule has 2 aromatic heterocycles. The highest BCUT2D eigenvalue weighted by atomic mass is 79.9. The highest BCUT2D eigenvalue weighted by Gasteiger charge is 2.21. The molecule has 8 heteroatoms. The predicted octanol–water partition coefficient (Wildman–Crippen LogP) is 2.84. The van der Waals surface area contributed by atoms with E-state index in [0.29, 0.717) is 6.54 Å². The Morgan fingerprint density at radius 2 is 2.10 bits per heavy atom. The van der Waals surface area contributed by atoms with E-state index in [0.717, 1.165) is 21.2 Å². The number of likely N-dealkylation sites (N-methyl/N-ethyl adjacent to an activating group) is 1. The molecule has 1 unspecified atom stereocenters. The van der Waals surface area contributed by atoms with Gasteiger partial charge in [-0.3, -0.25) is 14.2 Å². The van der Waals surface area contributed by atoms with Crippen molar-refractivity contribution in [3.05, 3.63) is 33.2 Å². The lowest BCUT2D eigenvalue weighted by Gasteiger charge is -2.22. The molecular formula is C13H17Br2N5O. The fraction of sp³-hybridized carbons (Fsp3) is 0.462. The van der Waals surface area contributed by atoms with E-state index < -0.39 is 0 Å². The molecule has 0 fully saturated rings. The van der Waals surface area contributed by atoms with Gasteiger partial charge in [-0.2, -0.15) is 10.2 Å². The third-order valence-corrected chi connectivity index (χ3v) is 4.36. The summed E-state index contributed by atoms with van der Waals surface area (Å²) in [6, 6.07) is -0.349. The van der Waals surface area contributed by atoms with Gasteiger partial charge in [0.2, 0.25) is 5.91 Å². The van der Waals surface area contributed by atoms with Crippen LogP contribution in [0, 0.1) is 0 Å². The molecule has 0 saturated carbocycles. The summed E-state index contributed by atoms with van der Waals surface area (Å²) in [7, 11) is 1.79. The lowest BCUT2D eigenvalue weighted by atomic mass is 10.3. The Kier molecular flexibility index (Phi) is 5.21. The lowest BCUT2D eigenvalue weighted by Crippen LogP contribution is -2.33. The Morgan fingerprint density at radius 3 is 2.67 bits per heavy atom. The van der Waals surface area contributed by atoms with Crippen LogP contribution in [0.1, 0.15) is 25.6 Å². The number of hydrogen-bond donors (Lipinski definition) is 0. The van der Waals surface area contributed by atoms with Gasteiger partial charge in [0.05, 0.1) is 33.6 Å². The van der Waals surface area contributed by atoms with Crippen molar-refractivity contribution >= 4 is 37.8 Å². The molecule has 0 aliphatic rings. The second-order valence-corrected chi connectivity index (χ2v) is 6.53. The third-order valence-electron chi connectivity index (χ3n) is 3.28. The van der Waals surface area contributed by atoms with Crippen LogP contribution in [0.3, 0.4) is 0 Å². The van der Waals surface area contributed by atoms with Crippen LogP contribution < -0.4 is 0 Å². The first kappa shape index (κ1) is 16.2. The standard InChI is InChI=1S/C13H17Br2N5O/c1-4-19-12(11(15)6-17-19)8-18(3)13(21)9(2)20-7-10(14)5-16-20/h5-7,9H,4,8H2,1-3H3. The Morgan fingerprint density at radius 1 is 1.38 bits per heavy atom. The first-order chi connectivity index (χ1) is 9.93. The maximum absolute atomic E-state index is 12.5. The number of aromatic nitrogens is 4. The average molecular weight is 419 g/mol. The summed E-state index contributed by atoms with van der Waals surface area (Å²) in [5.41, 5.74) is 0.988. The van der Waals surface area contributed by atoms with Gasteiger partial charge in [0.25, 0.3) is 0 Å². The Bertz CT molecular complexity index is 636. The molecule has 0 aliphatic carbocycles. The van der Waals surface area contributed by atoms with E-state index in [1.54, 1.807) is 35.2 Å². The van der Waals surface area contributed by atoms with Gasteiger partial charge >= 0.3 is 0 Å². The molecule has 21 heavy (non-hydrogen) atoms. The van der Waals surface area contributed by atoms with Crippen molar-refractivity contribution in [2.75, 3.05) is 7.05 Å². The molecule has 1 atom stereocenters. The maximum Gasteiger partial charge on any atom is 0.247 e. The molecule has 0 radical (unpaired) electrons. The predicted molar refractivity (Wildman–Crippen MR) is 86.7 cm³/mol. The van der Waals surface area contributed by atoms with Gasteiger partial charge in [0.15, 0.2) is 0 Å². The number of nitrogens with zero attached hydrogens (tertiary/aromatic N) is 5. The minimum atomic E-state index is -0.349. The Hall–Kier alpha value is -1.15. The van der Waals surface area contributed by atoms with E-state index >= 15 is 0 Å². The number of rotatable bonds is 5. The van der Waals surface area contributed by atoms with Crippen molar-refractivity contribution in [3.63, 3.8) is 0 Å². The number of amides is 1. The van der Waals surface area contributed by atoms with Gasteiger partial charge in [0.1, 0.15) is 6.04 Å². The molecule has 6 nitrogen and oxygen atoms in total. The molecule has 0 aliphatic heterocycles. The topological polar surface area (TPSA) is 56.0 Å². The number of aryl methyl sites for hydroxylation is 1. The minimum Gasteiger partial charge on any atom is -0.338 e. The van der Waals surface area contributed by atoms with Gasteiger partial charge in [-0.25, -0.2) is 0 Å². The monoisotopic (exact) mass is 417 g/mol. The molecule has 2 rings (SSSR count). The number of hydrogen-bond acceptors (Lipinski definition) is 3. The van der Waals surface area contributed by atoms with Crippen LogP contribution in [0.15, 0.2) is 27.5 Å². The Labute approximate surface area is 140 Å². The minimum absolute atomic E-state index is 0.00125. The zero-order chi connectivity index (χ0) is 15.6. The van der Waals surface area contributed by atoms with Crippen LogP contribution >= 0.6 is 31.9 Å². The zero-order valence-corrected chi connectivity index (χ0v) is 15.3. The van der Waals surface area contributed by atoms with Crippen molar-refractivity contribution < 1.29 is 4.79 Å². The van der Waals surface area contributed by atoms with E-state index in [1.807, 2.05) is 18.5 Å². The molecule has 2 aromatic rings. The average Bonchev–Trinajstić information content (AvgIpc) is 3.04. The first-order valence-corrected chi connectivity index (χ1v) is 8.17. The van der Waals surface area contributed by atoms with Crippen LogP contribution in [-0.4, -0.2) is 37.4 Å². The second kappa shape index (κ2) is 6.74. The number of carbonyl (C=O) groups excluding carboxylic acids is 1. The molecule has 2 heterocycles. The van der Waals surface area contributed by atoms with Crippen LogP contribution in [0.4, 0.5) is 0 Å². The van der Waals surface area contributed by atoms with Crippen molar-refractivity contribution in [2.24, 2.45) is 0 Å². The maximum atomic E-state index is 12.5. The molecule has 114 valence electrons. The molecule has 1 amide bonds. The van der Waals surface area contributed by atoms with Crippen molar-refractivity contribution in [3.8, 4) is 0 Å². The fourth-order valence-electron chi connectivity index (χ4n) is 2.08. The van der Waals surface area contributed by atoms with Gasteiger partial charge in [-0.05, 0) is 45.7 Å². The van der Waals surface area contributed by atoms with Crippen LogP contribution in [0.2, 0.25) is 0 Å². The van der Waals surface area contributed by atoms with E-state index in [4.69, 9.17) is 0 Å². The highest BCUT2D eigenvalue weighted by molar-refractivity contribution is 9.10. The zero-order valence-electron chi connectivity index (χ0n) is 12.1. The number of carbonyl (C=O) groups is 1. The normalized spacial score (nSPS) is 12.4. The quantitative estimate of drug-likeness (QED) is 0.750. The van der Waals surface area contributed by atoms with Gasteiger partial charge < -0.3 is 4.90 Å². The molecule has 0 N–H and O–H groups in total. The van der Waals surface area contributed by atoms with Crippen LogP contribution in [0.25, 0.3) is 0 Å². The van der Waals surface area contributed by atoms with E-state index in [2.05, 4.69) is 42.1 Å². The summed E-state index contributed by atoms with van der Waals surface area (Å²) in [6.45, 7) is 5.13. The summed E-state index contributed by atoms with van der Waals surface area (Å²) in [5, 5.41) is 8.42. The lowest BCUT2D eigenvalue weighted by molar-refractivity contribution is -0.133. The molecular weight excluding hydrogens is 402 g/mol. The second-order valence-electron chi connectivity index (χ2n) is 4.76. The SMILES string of the molecule is CCn1ncc(Br)c1CN(C)C(=O)C(C)n1cc(Br)cn1.